The van der Waals surface area contributed by atoms with E-state index >= 15 is 0 Å². The highest BCUT2D eigenvalue weighted by Gasteiger charge is 2.38. The first-order chi connectivity index (χ1) is 14.6. The molecular formula is C20H15F6N5. The van der Waals surface area contributed by atoms with Crippen molar-refractivity contribution in [3.05, 3.63) is 65.5 Å². The van der Waals surface area contributed by atoms with Crippen LogP contribution in [0.15, 0.2) is 48.5 Å². The van der Waals surface area contributed by atoms with Crippen molar-refractivity contribution in [3.63, 3.8) is 0 Å². The number of halogens is 6. The van der Waals surface area contributed by atoms with E-state index in [2.05, 4.69) is 20.6 Å². The number of rotatable bonds is 4. The summed E-state index contributed by atoms with van der Waals surface area (Å²) in [5, 5.41) is 14.0. The molecule has 0 aliphatic heterocycles. The molecule has 4 aromatic rings. The summed E-state index contributed by atoms with van der Waals surface area (Å²) in [6.45, 7) is 1.81. The summed E-state index contributed by atoms with van der Waals surface area (Å²) in [4.78, 5) is 0. The average Bonchev–Trinajstić information content (AvgIpc) is 3.14. The lowest BCUT2D eigenvalue weighted by Crippen LogP contribution is -2.16. The third-order valence-corrected chi connectivity index (χ3v) is 4.89. The van der Waals surface area contributed by atoms with E-state index in [0.29, 0.717) is 21.9 Å². The van der Waals surface area contributed by atoms with Gasteiger partial charge < -0.3 is 5.32 Å². The zero-order valence-electron chi connectivity index (χ0n) is 16.0. The highest BCUT2D eigenvalue weighted by molar-refractivity contribution is 5.89. The molecule has 0 aliphatic rings. The molecule has 0 radical (unpaired) electrons. The second-order valence-corrected chi connectivity index (χ2v) is 6.86. The molecule has 5 nitrogen and oxygen atoms in total. The smallest absolute Gasteiger partial charge is 0.362 e. The van der Waals surface area contributed by atoms with Crippen molar-refractivity contribution < 1.29 is 26.3 Å². The predicted molar refractivity (Wildman–Crippen MR) is 101 cm³/mol. The normalized spacial score (nSPS) is 13.6. The number of nitrogens with one attached hydrogen (secondary N) is 1. The Morgan fingerprint density at radius 3 is 2.23 bits per heavy atom. The highest BCUT2D eigenvalue weighted by atomic mass is 19.4. The van der Waals surface area contributed by atoms with Crippen LogP contribution in [0.4, 0.5) is 32.2 Å². The molecule has 0 aliphatic carbocycles. The molecule has 11 heteroatoms. The third kappa shape index (κ3) is 3.87. The molecule has 0 fully saturated rings. The number of benzene rings is 2. The van der Waals surface area contributed by atoms with Crippen LogP contribution in [0, 0.1) is 0 Å². The molecule has 0 amide bonds. The van der Waals surface area contributed by atoms with Crippen LogP contribution >= 0.6 is 0 Å². The predicted octanol–water partition coefficient (Wildman–Crippen LogP) is 5.88. The second kappa shape index (κ2) is 7.40. The maximum atomic E-state index is 13.4. The molecule has 4 rings (SSSR count). The second-order valence-electron chi connectivity index (χ2n) is 6.86. The summed E-state index contributed by atoms with van der Waals surface area (Å²) in [5.74, 6) is -1.16. The van der Waals surface area contributed by atoms with Gasteiger partial charge in [0.15, 0.2) is 5.65 Å². The minimum atomic E-state index is -4.74. The number of alkyl halides is 6. The van der Waals surface area contributed by atoms with E-state index in [1.807, 2.05) is 6.92 Å². The minimum Gasteiger partial charge on any atom is -0.362 e. The fourth-order valence-corrected chi connectivity index (χ4v) is 3.49. The molecule has 0 bridgehead atoms. The van der Waals surface area contributed by atoms with Gasteiger partial charge in [-0.3, -0.25) is 0 Å². The van der Waals surface area contributed by atoms with E-state index in [-0.39, 0.29) is 16.9 Å². The molecule has 0 saturated carbocycles. The van der Waals surface area contributed by atoms with Crippen molar-refractivity contribution >= 4 is 22.2 Å². The first-order valence-electron chi connectivity index (χ1n) is 9.24. The lowest BCUT2D eigenvalue weighted by Gasteiger charge is -2.21. The zero-order valence-corrected chi connectivity index (χ0v) is 16.0. The number of hydrogen-bond donors (Lipinski definition) is 1. The summed E-state index contributed by atoms with van der Waals surface area (Å²) in [6, 6.07) is 10.8. The van der Waals surface area contributed by atoms with Crippen molar-refractivity contribution in [3.8, 4) is 0 Å². The van der Waals surface area contributed by atoms with Gasteiger partial charge in [-0.2, -0.15) is 30.9 Å². The van der Waals surface area contributed by atoms with E-state index < -0.39 is 29.8 Å². The molecule has 162 valence electrons. The standard InChI is InChI=1S/C20H15F6N5/c1-2-15(13-7-8-14(19(21,22)23)12-6-4-3-5-11(12)13)27-16-9-10-17-28-29-18(20(24,25)26)31(17)30-16/h3-10,15H,2H2,1H3,(H,27,30). The Kier molecular flexibility index (Phi) is 4.98. The molecule has 2 heterocycles. The van der Waals surface area contributed by atoms with Crippen molar-refractivity contribution in [1.82, 2.24) is 19.8 Å². The van der Waals surface area contributed by atoms with Crippen molar-refractivity contribution in [2.24, 2.45) is 0 Å². The van der Waals surface area contributed by atoms with E-state index in [0.717, 1.165) is 6.07 Å². The highest BCUT2D eigenvalue weighted by Crippen LogP contribution is 2.38. The van der Waals surface area contributed by atoms with Crippen LogP contribution in [-0.4, -0.2) is 19.8 Å². The Morgan fingerprint density at radius 2 is 1.58 bits per heavy atom. The van der Waals surface area contributed by atoms with Crippen LogP contribution in [0.5, 0.6) is 0 Å². The summed E-state index contributed by atoms with van der Waals surface area (Å²) < 4.78 is 80.1. The van der Waals surface area contributed by atoms with Crippen LogP contribution in [0.3, 0.4) is 0 Å². The largest absolute Gasteiger partial charge is 0.453 e. The summed E-state index contributed by atoms with van der Waals surface area (Å²) >= 11 is 0. The lowest BCUT2D eigenvalue weighted by atomic mass is 9.94. The van der Waals surface area contributed by atoms with Crippen LogP contribution in [0.2, 0.25) is 0 Å². The van der Waals surface area contributed by atoms with E-state index in [4.69, 9.17) is 0 Å². The fraction of sp³-hybridized carbons (Fsp3) is 0.250. The topological polar surface area (TPSA) is 55.1 Å². The number of hydrogen-bond acceptors (Lipinski definition) is 4. The molecule has 1 N–H and O–H groups in total. The van der Waals surface area contributed by atoms with Crippen LogP contribution in [-0.2, 0) is 12.4 Å². The van der Waals surface area contributed by atoms with Gasteiger partial charge in [-0.25, -0.2) is 0 Å². The van der Waals surface area contributed by atoms with Gasteiger partial charge in [0.2, 0.25) is 0 Å². The summed E-state index contributed by atoms with van der Waals surface area (Å²) in [6.07, 6.45) is -8.80. The van der Waals surface area contributed by atoms with Gasteiger partial charge in [-0.05, 0) is 41.0 Å². The van der Waals surface area contributed by atoms with Crippen LogP contribution in [0.25, 0.3) is 16.4 Å². The van der Waals surface area contributed by atoms with Crippen molar-refractivity contribution in [2.45, 2.75) is 31.7 Å². The molecule has 1 unspecified atom stereocenters. The molecule has 0 saturated heterocycles. The van der Waals surface area contributed by atoms with E-state index in [9.17, 15) is 26.3 Å². The fourth-order valence-electron chi connectivity index (χ4n) is 3.49. The van der Waals surface area contributed by atoms with Gasteiger partial charge in [0.1, 0.15) is 5.82 Å². The average molecular weight is 439 g/mol. The Balaban J connectivity index is 1.76. The first kappa shape index (κ1) is 20.9. The minimum absolute atomic E-state index is 0.0503. The number of fused-ring (bicyclic) bond motifs is 2. The van der Waals surface area contributed by atoms with Gasteiger partial charge >= 0.3 is 12.4 Å². The van der Waals surface area contributed by atoms with E-state index in [1.54, 1.807) is 12.1 Å². The Hall–Kier alpha value is -3.37. The summed E-state index contributed by atoms with van der Waals surface area (Å²) in [7, 11) is 0. The van der Waals surface area contributed by atoms with Gasteiger partial charge in [0.05, 0.1) is 11.6 Å². The number of anilines is 1. The molecular weight excluding hydrogens is 424 g/mol. The summed E-state index contributed by atoms with van der Waals surface area (Å²) in [5.41, 5.74) is -0.251. The Morgan fingerprint density at radius 1 is 0.871 bits per heavy atom. The van der Waals surface area contributed by atoms with Gasteiger partial charge in [0, 0.05) is 0 Å². The maximum Gasteiger partial charge on any atom is 0.453 e. The van der Waals surface area contributed by atoms with E-state index in [1.165, 1.54) is 30.3 Å². The molecule has 2 aromatic carbocycles. The Labute approximate surface area is 171 Å². The van der Waals surface area contributed by atoms with Crippen molar-refractivity contribution in [1.29, 1.82) is 0 Å². The first-order valence-corrected chi connectivity index (χ1v) is 9.24. The van der Waals surface area contributed by atoms with Gasteiger partial charge in [-0.1, -0.05) is 37.3 Å². The molecule has 31 heavy (non-hydrogen) atoms. The lowest BCUT2D eigenvalue weighted by molar-refractivity contribution is -0.146. The number of aromatic nitrogens is 4. The monoisotopic (exact) mass is 439 g/mol. The van der Waals surface area contributed by atoms with Crippen molar-refractivity contribution in [2.75, 3.05) is 5.32 Å². The SMILES string of the molecule is CCC(Nc1ccc2nnc(C(F)(F)F)n2n1)c1ccc(C(F)(F)F)c2ccccc12. The van der Waals surface area contributed by atoms with Gasteiger partial charge in [-0.15, -0.1) is 15.3 Å². The molecule has 1 atom stereocenters. The Bertz CT molecular complexity index is 1240. The molecule has 0 spiro atoms. The van der Waals surface area contributed by atoms with Gasteiger partial charge in [0.25, 0.3) is 5.82 Å². The maximum absolute atomic E-state index is 13.4. The van der Waals surface area contributed by atoms with Crippen LogP contribution in [0.1, 0.15) is 36.3 Å². The van der Waals surface area contributed by atoms with Crippen LogP contribution < -0.4 is 5.32 Å². The zero-order chi connectivity index (χ0) is 22.4. The number of nitrogens with zero attached hydrogens (tertiary/aromatic N) is 4. The molecule has 2 aromatic heterocycles. The third-order valence-electron chi connectivity index (χ3n) is 4.89. The quantitative estimate of drug-likeness (QED) is 0.404.